The fourth-order valence-corrected chi connectivity index (χ4v) is 0.825. The number of amides is 1. The lowest BCUT2D eigenvalue weighted by molar-refractivity contribution is -0.141. The van der Waals surface area contributed by atoms with Crippen LogP contribution in [0.5, 0.6) is 0 Å². The third-order valence-corrected chi connectivity index (χ3v) is 1.76. The third kappa shape index (κ3) is 4.84. The van der Waals surface area contributed by atoms with Crippen molar-refractivity contribution in [1.82, 2.24) is 5.32 Å². The van der Waals surface area contributed by atoms with E-state index in [2.05, 4.69) is 10.1 Å². The van der Waals surface area contributed by atoms with Gasteiger partial charge in [0.1, 0.15) is 0 Å². The van der Waals surface area contributed by atoms with Crippen LogP contribution in [0.15, 0.2) is 0 Å². The van der Waals surface area contributed by atoms with E-state index in [1.54, 1.807) is 6.92 Å². The predicted molar refractivity (Wildman–Crippen MR) is 53.7 cm³/mol. The molecule has 0 aliphatic carbocycles. The van der Waals surface area contributed by atoms with Crippen LogP contribution in [0.25, 0.3) is 0 Å². The van der Waals surface area contributed by atoms with Crippen LogP contribution in [-0.4, -0.2) is 25.0 Å². The summed E-state index contributed by atoms with van der Waals surface area (Å²) in [5.41, 5.74) is -0.426. The van der Waals surface area contributed by atoms with Crippen LogP contribution >= 0.6 is 0 Å². The highest BCUT2D eigenvalue weighted by molar-refractivity contribution is 5.82. The molecule has 0 radical (unpaired) electrons. The van der Waals surface area contributed by atoms with Crippen LogP contribution in [0.2, 0.25) is 0 Å². The van der Waals surface area contributed by atoms with Crippen LogP contribution in [-0.2, 0) is 14.3 Å². The zero-order valence-corrected chi connectivity index (χ0v) is 9.51. The molecule has 0 saturated carbocycles. The van der Waals surface area contributed by atoms with E-state index in [1.807, 2.05) is 20.8 Å². The molecule has 0 fully saturated rings. The lowest BCUT2D eigenvalue weighted by atomic mass is 9.95. The summed E-state index contributed by atoms with van der Waals surface area (Å²) in [4.78, 5) is 22.4. The lowest BCUT2D eigenvalue weighted by Crippen LogP contribution is -2.41. The molecule has 0 rings (SSSR count). The zero-order valence-electron chi connectivity index (χ0n) is 9.51. The fraction of sp³-hybridized carbons (Fsp3) is 0.800. The van der Waals surface area contributed by atoms with Crippen molar-refractivity contribution in [2.24, 2.45) is 5.41 Å². The number of esters is 1. The summed E-state index contributed by atoms with van der Waals surface area (Å²) in [7, 11) is 1.33. The van der Waals surface area contributed by atoms with Crippen LogP contribution < -0.4 is 5.32 Å². The Hall–Kier alpha value is -1.06. The maximum Gasteiger partial charge on any atom is 0.307 e. The molecular formula is C10H19NO3. The van der Waals surface area contributed by atoms with E-state index < -0.39 is 5.41 Å². The van der Waals surface area contributed by atoms with E-state index >= 15 is 0 Å². The summed E-state index contributed by atoms with van der Waals surface area (Å²) in [5, 5.41) is 2.75. The second-order valence-corrected chi connectivity index (χ2v) is 4.40. The first-order chi connectivity index (χ1) is 6.27. The first-order valence-corrected chi connectivity index (χ1v) is 4.65. The lowest BCUT2D eigenvalue weighted by Gasteiger charge is -2.21. The van der Waals surface area contributed by atoms with Crippen molar-refractivity contribution in [2.75, 3.05) is 7.11 Å². The molecule has 0 heterocycles. The minimum absolute atomic E-state index is 0.0612. The second-order valence-electron chi connectivity index (χ2n) is 4.40. The van der Waals surface area contributed by atoms with Crippen LogP contribution in [0, 0.1) is 5.41 Å². The molecule has 1 N–H and O–H groups in total. The first-order valence-electron chi connectivity index (χ1n) is 4.65. The van der Waals surface area contributed by atoms with Gasteiger partial charge in [-0.1, -0.05) is 20.8 Å². The topological polar surface area (TPSA) is 55.4 Å². The summed E-state index contributed by atoms with van der Waals surface area (Å²) in [5.74, 6) is -0.374. The molecule has 0 bridgehead atoms. The molecule has 0 aliphatic rings. The fourth-order valence-electron chi connectivity index (χ4n) is 0.825. The molecule has 82 valence electrons. The highest BCUT2D eigenvalue weighted by Crippen LogP contribution is 2.13. The molecule has 4 nitrogen and oxygen atoms in total. The van der Waals surface area contributed by atoms with Crippen molar-refractivity contribution in [3.05, 3.63) is 0 Å². The Morgan fingerprint density at radius 2 is 1.86 bits per heavy atom. The van der Waals surface area contributed by atoms with Crippen LogP contribution in [0.4, 0.5) is 0 Å². The molecule has 4 heteroatoms. The number of carbonyl (C=O) groups is 2. The van der Waals surface area contributed by atoms with Gasteiger partial charge in [-0.3, -0.25) is 9.59 Å². The quantitative estimate of drug-likeness (QED) is 0.696. The Kier molecular flexibility index (Phi) is 4.60. The Bertz CT molecular complexity index is 218. The van der Waals surface area contributed by atoms with Gasteiger partial charge in [-0.2, -0.15) is 0 Å². The Labute approximate surface area is 85.0 Å². The standard InChI is InChI=1S/C10H19NO3/c1-7(6-8(12)14-5)11-9(13)10(2,3)4/h7H,6H2,1-5H3,(H,11,13). The monoisotopic (exact) mass is 201 g/mol. The predicted octanol–water partition coefficient (Wildman–Crippen LogP) is 1.10. The van der Waals surface area contributed by atoms with Gasteiger partial charge in [0.15, 0.2) is 0 Å². The molecule has 0 aliphatic heterocycles. The molecule has 0 spiro atoms. The number of carbonyl (C=O) groups excluding carboxylic acids is 2. The highest BCUT2D eigenvalue weighted by Gasteiger charge is 2.23. The molecule has 1 amide bonds. The largest absolute Gasteiger partial charge is 0.469 e. The van der Waals surface area contributed by atoms with Crippen molar-refractivity contribution in [2.45, 2.75) is 40.2 Å². The number of hydrogen-bond acceptors (Lipinski definition) is 3. The summed E-state index contributed by atoms with van der Waals surface area (Å²) in [6.45, 7) is 7.26. The number of rotatable bonds is 3. The van der Waals surface area contributed by atoms with Gasteiger partial charge in [-0.25, -0.2) is 0 Å². The molecule has 0 aromatic rings. The van der Waals surface area contributed by atoms with Crippen molar-refractivity contribution < 1.29 is 14.3 Å². The van der Waals surface area contributed by atoms with E-state index in [4.69, 9.17) is 0 Å². The van der Waals surface area contributed by atoms with Crippen LogP contribution in [0.1, 0.15) is 34.1 Å². The van der Waals surface area contributed by atoms with Gasteiger partial charge in [0.05, 0.1) is 13.5 Å². The van der Waals surface area contributed by atoms with Gasteiger partial charge in [-0.05, 0) is 6.92 Å². The van der Waals surface area contributed by atoms with E-state index in [0.717, 1.165) is 0 Å². The van der Waals surface area contributed by atoms with Crippen LogP contribution in [0.3, 0.4) is 0 Å². The minimum Gasteiger partial charge on any atom is -0.469 e. The van der Waals surface area contributed by atoms with Crippen molar-refractivity contribution >= 4 is 11.9 Å². The Morgan fingerprint density at radius 1 is 1.36 bits per heavy atom. The Balaban J connectivity index is 4.01. The summed E-state index contributed by atoms with van der Waals surface area (Å²) in [6, 6.07) is -0.186. The van der Waals surface area contributed by atoms with Gasteiger partial charge in [-0.15, -0.1) is 0 Å². The van der Waals surface area contributed by atoms with E-state index in [0.29, 0.717) is 0 Å². The zero-order chi connectivity index (χ0) is 11.4. The maximum absolute atomic E-state index is 11.5. The Morgan fingerprint density at radius 3 is 2.21 bits per heavy atom. The first kappa shape index (κ1) is 12.9. The SMILES string of the molecule is COC(=O)CC(C)NC(=O)C(C)(C)C. The van der Waals surface area contributed by atoms with E-state index in [9.17, 15) is 9.59 Å². The molecule has 0 aromatic heterocycles. The van der Waals surface area contributed by atoms with Gasteiger partial charge in [0, 0.05) is 11.5 Å². The number of hydrogen-bond donors (Lipinski definition) is 1. The third-order valence-electron chi connectivity index (χ3n) is 1.76. The van der Waals surface area contributed by atoms with Crippen molar-refractivity contribution in [3.63, 3.8) is 0 Å². The summed E-state index contributed by atoms with van der Waals surface area (Å²) < 4.78 is 4.50. The molecular weight excluding hydrogens is 182 g/mol. The molecule has 1 unspecified atom stereocenters. The summed E-state index contributed by atoms with van der Waals surface area (Å²) >= 11 is 0. The molecule has 0 aromatic carbocycles. The number of methoxy groups -OCH3 is 1. The smallest absolute Gasteiger partial charge is 0.307 e. The maximum atomic E-state index is 11.5. The van der Waals surface area contributed by atoms with Gasteiger partial charge in [0.2, 0.25) is 5.91 Å². The molecule has 14 heavy (non-hydrogen) atoms. The minimum atomic E-state index is -0.426. The van der Waals surface area contributed by atoms with E-state index in [-0.39, 0.29) is 24.3 Å². The van der Waals surface area contributed by atoms with Gasteiger partial charge < -0.3 is 10.1 Å². The van der Waals surface area contributed by atoms with E-state index in [1.165, 1.54) is 7.11 Å². The number of nitrogens with one attached hydrogen (secondary N) is 1. The van der Waals surface area contributed by atoms with Crippen molar-refractivity contribution in [1.29, 1.82) is 0 Å². The average Bonchev–Trinajstić information content (AvgIpc) is 2.02. The normalized spacial score (nSPS) is 13.2. The second kappa shape index (κ2) is 4.98. The average molecular weight is 201 g/mol. The molecule has 0 saturated heterocycles. The number of ether oxygens (including phenoxy) is 1. The highest BCUT2D eigenvalue weighted by atomic mass is 16.5. The van der Waals surface area contributed by atoms with Crippen molar-refractivity contribution in [3.8, 4) is 0 Å². The van der Waals surface area contributed by atoms with Gasteiger partial charge in [0.25, 0.3) is 0 Å². The van der Waals surface area contributed by atoms with Gasteiger partial charge >= 0.3 is 5.97 Å². The summed E-state index contributed by atoms with van der Waals surface area (Å²) in [6.07, 6.45) is 0.207. The molecule has 1 atom stereocenters.